The monoisotopic (exact) mass is 286 g/mol. The third kappa shape index (κ3) is 3.99. The molecule has 0 spiro atoms. The van der Waals surface area contributed by atoms with Crippen molar-refractivity contribution in [1.82, 2.24) is 25.7 Å². The fourth-order valence-corrected chi connectivity index (χ4v) is 1.55. The average Bonchev–Trinajstić information content (AvgIpc) is 2.52. The Balaban J connectivity index is 2.00. The van der Waals surface area contributed by atoms with Gasteiger partial charge in [-0.3, -0.25) is 15.8 Å². The van der Waals surface area contributed by atoms with Gasteiger partial charge in [-0.15, -0.1) is 6.58 Å². The van der Waals surface area contributed by atoms with Gasteiger partial charge in [0, 0.05) is 30.7 Å². The largest absolute Gasteiger partial charge is 0.358 e. The number of hydrazine groups is 1. The topological polar surface area (TPSA) is 74.8 Å². The molecule has 0 radical (unpaired) electrons. The van der Waals surface area contributed by atoms with E-state index in [9.17, 15) is 0 Å². The number of nitrogens with zero attached hydrogens (tertiary/aromatic N) is 3. The number of nitrogens with one attached hydrogen (secondary N) is 3. The van der Waals surface area contributed by atoms with Crippen LogP contribution in [-0.2, 0) is 0 Å². The van der Waals surface area contributed by atoms with Crippen molar-refractivity contribution < 1.29 is 0 Å². The summed E-state index contributed by atoms with van der Waals surface area (Å²) < 4.78 is 0. The predicted molar refractivity (Wildman–Crippen MR) is 82.8 cm³/mol. The Kier molecular flexibility index (Phi) is 4.96. The molecule has 0 aromatic carbocycles. The van der Waals surface area contributed by atoms with Crippen LogP contribution in [0, 0.1) is 0 Å². The van der Waals surface area contributed by atoms with E-state index in [1.807, 2.05) is 18.2 Å². The average molecular weight is 286 g/mol. The molecule has 102 valence electrons. The molecule has 0 bridgehead atoms. The van der Waals surface area contributed by atoms with Gasteiger partial charge in [0.1, 0.15) is 0 Å². The summed E-state index contributed by atoms with van der Waals surface area (Å²) in [6, 6.07) is 5.61. The van der Waals surface area contributed by atoms with E-state index < -0.39 is 0 Å². The first-order valence-corrected chi connectivity index (χ1v) is 6.34. The van der Waals surface area contributed by atoms with E-state index in [2.05, 4.69) is 37.7 Å². The lowest BCUT2D eigenvalue weighted by atomic mass is 10.2. The van der Waals surface area contributed by atoms with Gasteiger partial charge in [-0.1, -0.05) is 6.08 Å². The molecule has 2 rings (SSSR count). The Labute approximate surface area is 122 Å². The van der Waals surface area contributed by atoms with E-state index in [0.29, 0.717) is 17.6 Å². The molecule has 2 aromatic rings. The van der Waals surface area contributed by atoms with Crippen LogP contribution in [0.4, 0.5) is 5.95 Å². The molecular weight excluding hydrogens is 272 g/mol. The molecule has 2 aromatic heterocycles. The Morgan fingerprint density at radius 1 is 1.35 bits per heavy atom. The highest BCUT2D eigenvalue weighted by molar-refractivity contribution is 7.80. The molecule has 20 heavy (non-hydrogen) atoms. The third-order valence-corrected chi connectivity index (χ3v) is 2.55. The van der Waals surface area contributed by atoms with Gasteiger partial charge in [0.15, 0.2) is 5.11 Å². The van der Waals surface area contributed by atoms with Gasteiger partial charge in [-0.05, 0) is 30.4 Å². The highest BCUT2D eigenvalue weighted by Gasteiger charge is 2.02. The number of aromatic nitrogens is 3. The van der Waals surface area contributed by atoms with Crippen molar-refractivity contribution in [2.45, 2.75) is 0 Å². The second kappa shape index (κ2) is 7.15. The number of anilines is 1. The van der Waals surface area contributed by atoms with Gasteiger partial charge >= 0.3 is 0 Å². The predicted octanol–water partition coefficient (Wildman–Crippen LogP) is 1.52. The van der Waals surface area contributed by atoms with Crippen LogP contribution >= 0.6 is 12.2 Å². The Morgan fingerprint density at radius 2 is 2.25 bits per heavy atom. The highest BCUT2D eigenvalue weighted by atomic mass is 32.1. The minimum atomic E-state index is 0.425. The van der Waals surface area contributed by atoms with Crippen molar-refractivity contribution >= 4 is 23.3 Å². The standard InChI is InChI=1S/C13H14N6S/c1-2-6-16-13(20)19-18-12-15-8-5-11(17-12)10-4-3-7-14-9-10/h2-5,7-9H,1,6H2,(H,15,17,18)(H2,16,19,20). The fourth-order valence-electron chi connectivity index (χ4n) is 1.42. The van der Waals surface area contributed by atoms with Crippen LogP contribution in [0.3, 0.4) is 0 Å². The number of thiocarbonyl (C=S) groups is 1. The molecule has 7 heteroatoms. The van der Waals surface area contributed by atoms with Gasteiger partial charge in [0.05, 0.1) is 5.69 Å². The molecule has 0 atom stereocenters. The van der Waals surface area contributed by atoms with E-state index in [-0.39, 0.29) is 0 Å². The molecule has 0 aliphatic carbocycles. The molecule has 3 N–H and O–H groups in total. The Hall–Kier alpha value is -2.54. The number of rotatable bonds is 5. The van der Waals surface area contributed by atoms with Crippen LogP contribution in [0.2, 0.25) is 0 Å². The van der Waals surface area contributed by atoms with Crippen molar-refractivity contribution in [3.05, 3.63) is 49.4 Å². The SMILES string of the molecule is C=CCNC(=S)NNc1nccc(-c2cccnc2)n1. The van der Waals surface area contributed by atoms with Gasteiger partial charge < -0.3 is 5.32 Å². The molecule has 2 heterocycles. The summed E-state index contributed by atoms with van der Waals surface area (Å²) in [4.78, 5) is 12.5. The minimum Gasteiger partial charge on any atom is -0.358 e. The van der Waals surface area contributed by atoms with Gasteiger partial charge in [0.25, 0.3) is 0 Å². The summed E-state index contributed by atoms with van der Waals surface area (Å²) in [5, 5.41) is 3.37. The van der Waals surface area contributed by atoms with Crippen LogP contribution in [0.25, 0.3) is 11.3 Å². The Bertz CT molecular complexity index is 586. The van der Waals surface area contributed by atoms with E-state index in [1.165, 1.54) is 0 Å². The molecule has 6 nitrogen and oxygen atoms in total. The normalized spacial score (nSPS) is 9.60. The first kappa shape index (κ1) is 13.9. The minimum absolute atomic E-state index is 0.425. The lowest BCUT2D eigenvalue weighted by molar-refractivity contribution is 0.956. The van der Waals surface area contributed by atoms with Crippen molar-refractivity contribution in [3.63, 3.8) is 0 Å². The lowest BCUT2D eigenvalue weighted by Crippen LogP contribution is -2.39. The van der Waals surface area contributed by atoms with Gasteiger partial charge in [0.2, 0.25) is 5.95 Å². The smallest absolute Gasteiger partial charge is 0.242 e. The second-order valence-corrected chi connectivity index (χ2v) is 4.16. The maximum atomic E-state index is 5.05. The molecule has 0 saturated heterocycles. The lowest BCUT2D eigenvalue weighted by Gasteiger charge is -2.10. The van der Waals surface area contributed by atoms with Crippen LogP contribution in [0.1, 0.15) is 0 Å². The summed E-state index contributed by atoms with van der Waals surface area (Å²) in [6.07, 6.45) is 6.85. The van der Waals surface area contributed by atoms with Crippen LogP contribution in [0.5, 0.6) is 0 Å². The molecule has 0 unspecified atom stereocenters. The molecule has 0 saturated carbocycles. The van der Waals surface area contributed by atoms with Crippen LogP contribution < -0.4 is 16.2 Å². The first-order chi connectivity index (χ1) is 9.79. The number of hydrogen-bond acceptors (Lipinski definition) is 5. The van der Waals surface area contributed by atoms with Crippen molar-refractivity contribution in [2.24, 2.45) is 0 Å². The van der Waals surface area contributed by atoms with Crippen LogP contribution in [0.15, 0.2) is 49.4 Å². The summed E-state index contributed by atoms with van der Waals surface area (Å²) >= 11 is 5.05. The summed E-state index contributed by atoms with van der Waals surface area (Å²) in [5.41, 5.74) is 7.33. The zero-order chi connectivity index (χ0) is 14.2. The summed E-state index contributed by atoms with van der Waals surface area (Å²) in [7, 11) is 0. The zero-order valence-electron chi connectivity index (χ0n) is 10.7. The summed E-state index contributed by atoms with van der Waals surface area (Å²) in [6.45, 7) is 4.18. The molecule has 0 amide bonds. The molecule has 0 fully saturated rings. The van der Waals surface area contributed by atoms with E-state index in [4.69, 9.17) is 12.2 Å². The van der Waals surface area contributed by atoms with Gasteiger partial charge in [-0.2, -0.15) is 0 Å². The van der Waals surface area contributed by atoms with Crippen molar-refractivity contribution in [3.8, 4) is 11.3 Å². The van der Waals surface area contributed by atoms with E-state index >= 15 is 0 Å². The van der Waals surface area contributed by atoms with Gasteiger partial charge in [-0.25, -0.2) is 9.97 Å². The first-order valence-electron chi connectivity index (χ1n) is 5.94. The molecule has 0 aliphatic heterocycles. The van der Waals surface area contributed by atoms with Crippen LogP contribution in [-0.4, -0.2) is 26.6 Å². The number of hydrogen-bond donors (Lipinski definition) is 3. The quantitative estimate of drug-likeness (QED) is 0.437. The maximum absolute atomic E-state index is 5.05. The fraction of sp³-hybridized carbons (Fsp3) is 0.0769. The third-order valence-electron chi connectivity index (χ3n) is 2.31. The second-order valence-electron chi connectivity index (χ2n) is 3.76. The van der Waals surface area contributed by atoms with Crippen molar-refractivity contribution in [2.75, 3.05) is 12.0 Å². The number of pyridine rings is 1. The Morgan fingerprint density at radius 3 is 3.00 bits per heavy atom. The zero-order valence-corrected chi connectivity index (χ0v) is 11.5. The molecular formula is C13H14N6S. The van der Waals surface area contributed by atoms with E-state index in [0.717, 1.165) is 11.3 Å². The highest BCUT2D eigenvalue weighted by Crippen LogP contribution is 2.15. The van der Waals surface area contributed by atoms with Crippen molar-refractivity contribution in [1.29, 1.82) is 0 Å². The summed E-state index contributed by atoms with van der Waals surface area (Å²) in [5.74, 6) is 0.425. The maximum Gasteiger partial charge on any atom is 0.242 e. The van der Waals surface area contributed by atoms with E-state index in [1.54, 1.807) is 24.7 Å². The molecule has 0 aliphatic rings.